The fourth-order valence-corrected chi connectivity index (χ4v) is 1.40. The third-order valence-corrected chi connectivity index (χ3v) is 1.91. The van der Waals surface area contributed by atoms with Crippen LogP contribution < -0.4 is 4.74 Å². The van der Waals surface area contributed by atoms with Crippen molar-refractivity contribution in [1.29, 1.82) is 0 Å². The van der Waals surface area contributed by atoms with Gasteiger partial charge in [0.25, 0.3) is 0 Å². The fraction of sp³-hybridized carbons (Fsp3) is 0.375. The average Bonchev–Trinajstić information content (AvgIpc) is 2.42. The third-order valence-electron chi connectivity index (χ3n) is 1.91. The van der Waals surface area contributed by atoms with Crippen LogP contribution in [0.4, 0.5) is 0 Å². The second-order valence-electron chi connectivity index (χ2n) is 2.96. The van der Waals surface area contributed by atoms with Crippen LogP contribution in [-0.4, -0.2) is 22.2 Å². The molecule has 0 amide bonds. The Balaban J connectivity index is 2.34. The summed E-state index contributed by atoms with van der Waals surface area (Å²) in [6, 6.07) is 1.53. The van der Waals surface area contributed by atoms with E-state index < -0.39 is 5.97 Å². The highest BCUT2D eigenvalue weighted by molar-refractivity contribution is 5.86. The number of fused-ring (bicyclic) bond motifs is 1. The first-order chi connectivity index (χ1) is 5.66. The van der Waals surface area contributed by atoms with Crippen molar-refractivity contribution in [2.24, 2.45) is 0 Å². The van der Waals surface area contributed by atoms with Crippen molar-refractivity contribution in [3.63, 3.8) is 0 Å². The lowest BCUT2D eigenvalue weighted by Crippen LogP contribution is -2.07. The summed E-state index contributed by atoms with van der Waals surface area (Å²) in [5.74, 6) is -0.263. The lowest BCUT2D eigenvalue weighted by atomic mass is 10.2. The van der Waals surface area contributed by atoms with Crippen LogP contribution in [0, 0.1) is 0 Å². The summed E-state index contributed by atoms with van der Waals surface area (Å²) in [4.78, 5) is 13.3. The highest BCUT2D eigenvalue weighted by Gasteiger charge is 2.23. The molecule has 1 atom stereocenters. The van der Waals surface area contributed by atoms with Crippen LogP contribution in [0.2, 0.25) is 0 Å². The third kappa shape index (κ3) is 0.958. The Morgan fingerprint density at radius 3 is 3.17 bits per heavy atom. The second kappa shape index (κ2) is 2.27. The Labute approximate surface area is 69.2 Å². The molecule has 0 radical (unpaired) electrons. The number of hydrogen-bond acceptors (Lipinski definition) is 2. The van der Waals surface area contributed by atoms with Crippen LogP contribution in [0.25, 0.3) is 0 Å². The molecule has 2 heterocycles. The molecule has 12 heavy (non-hydrogen) atoms. The number of aromatic carboxylic acids is 1. The minimum atomic E-state index is -0.944. The van der Waals surface area contributed by atoms with Gasteiger partial charge in [0, 0.05) is 12.5 Å². The molecule has 1 aromatic heterocycles. The van der Waals surface area contributed by atoms with Crippen LogP contribution in [0.15, 0.2) is 6.07 Å². The molecular weight excluding hydrogens is 158 g/mol. The summed E-state index contributed by atoms with van der Waals surface area (Å²) in [6.45, 7) is 1.95. The molecule has 1 unspecified atom stereocenters. The van der Waals surface area contributed by atoms with E-state index in [1.54, 1.807) is 0 Å². The summed E-state index contributed by atoms with van der Waals surface area (Å²) in [5, 5.41) is 8.62. The monoisotopic (exact) mass is 167 g/mol. The normalized spacial score (nSPS) is 20.2. The molecule has 0 saturated heterocycles. The zero-order valence-corrected chi connectivity index (χ0v) is 6.63. The van der Waals surface area contributed by atoms with Gasteiger partial charge in [-0.3, -0.25) is 0 Å². The lowest BCUT2D eigenvalue weighted by Gasteiger charge is -2.00. The van der Waals surface area contributed by atoms with Gasteiger partial charge < -0.3 is 14.8 Å². The zero-order valence-electron chi connectivity index (χ0n) is 6.63. The molecule has 64 valence electrons. The SMILES string of the molecule is CC1Cc2[nH]c(C(=O)O)cc2O1. The van der Waals surface area contributed by atoms with Gasteiger partial charge >= 0.3 is 5.97 Å². The van der Waals surface area contributed by atoms with E-state index in [-0.39, 0.29) is 11.8 Å². The van der Waals surface area contributed by atoms with Crippen molar-refractivity contribution in [3.05, 3.63) is 17.5 Å². The molecule has 0 fully saturated rings. The summed E-state index contributed by atoms with van der Waals surface area (Å²) < 4.78 is 5.34. The highest BCUT2D eigenvalue weighted by Crippen LogP contribution is 2.28. The lowest BCUT2D eigenvalue weighted by molar-refractivity contribution is 0.0690. The Morgan fingerprint density at radius 2 is 2.58 bits per heavy atom. The van der Waals surface area contributed by atoms with E-state index in [9.17, 15) is 4.79 Å². The minimum absolute atomic E-state index is 0.161. The van der Waals surface area contributed by atoms with Gasteiger partial charge in [0.05, 0.1) is 5.69 Å². The van der Waals surface area contributed by atoms with Crippen molar-refractivity contribution in [3.8, 4) is 5.75 Å². The van der Waals surface area contributed by atoms with Gasteiger partial charge in [-0.25, -0.2) is 4.79 Å². The van der Waals surface area contributed by atoms with E-state index in [0.29, 0.717) is 5.75 Å². The first-order valence-electron chi connectivity index (χ1n) is 3.78. The van der Waals surface area contributed by atoms with Crippen LogP contribution in [0.5, 0.6) is 5.75 Å². The maximum absolute atomic E-state index is 10.5. The number of ether oxygens (including phenoxy) is 1. The van der Waals surface area contributed by atoms with E-state index in [1.165, 1.54) is 6.07 Å². The number of aromatic amines is 1. The molecule has 2 N–H and O–H groups in total. The molecule has 0 saturated carbocycles. The van der Waals surface area contributed by atoms with Crippen molar-refractivity contribution in [2.75, 3.05) is 0 Å². The van der Waals surface area contributed by atoms with Crippen molar-refractivity contribution < 1.29 is 14.6 Å². The molecule has 4 nitrogen and oxygen atoms in total. The molecule has 0 bridgehead atoms. The van der Waals surface area contributed by atoms with Gasteiger partial charge in [-0.1, -0.05) is 0 Å². The van der Waals surface area contributed by atoms with Gasteiger partial charge in [0.15, 0.2) is 0 Å². The number of rotatable bonds is 1. The number of aromatic nitrogens is 1. The van der Waals surface area contributed by atoms with E-state index in [4.69, 9.17) is 9.84 Å². The molecule has 4 heteroatoms. The molecule has 2 rings (SSSR count). The smallest absolute Gasteiger partial charge is 0.352 e. The van der Waals surface area contributed by atoms with Crippen LogP contribution >= 0.6 is 0 Å². The van der Waals surface area contributed by atoms with Crippen LogP contribution in [-0.2, 0) is 6.42 Å². The highest BCUT2D eigenvalue weighted by atomic mass is 16.5. The van der Waals surface area contributed by atoms with Crippen molar-refractivity contribution in [1.82, 2.24) is 4.98 Å². The molecule has 0 aromatic carbocycles. The quantitative estimate of drug-likeness (QED) is 0.656. The van der Waals surface area contributed by atoms with E-state index in [2.05, 4.69) is 4.98 Å². The molecule has 0 spiro atoms. The molecule has 1 aromatic rings. The Hall–Kier alpha value is -1.45. The fourth-order valence-electron chi connectivity index (χ4n) is 1.40. The average molecular weight is 167 g/mol. The largest absolute Gasteiger partial charge is 0.488 e. The first-order valence-corrected chi connectivity index (χ1v) is 3.78. The predicted octanol–water partition coefficient (Wildman–Crippen LogP) is 1.04. The van der Waals surface area contributed by atoms with Crippen LogP contribution in [0.1, 0.15) is 23.1 Å². The topological polar surface area (TPSA) is 62.3 Å². The summed E-state index contributed by atoms with van der Waals surface area (Å²) in [7, 11) is 0. The van der Waals surface area contributed by atoms with Crippen molar-refractivity contribution >= 4 is 5.97 Å². The number of carboxylic acids is 1. The van der Waals surface area contributed by atoms with Gasteiger partial charge in [0.2, 0.25) is 0 Å². The van der Waals surface area contributed by atoms with Gasteiger partial charge in [-0.2, -0.15) is 0 Å². The maximum Gasteiger partial charge on any atom is 0.352 e. The predicted molar refractivity (Wildman–Crippen MR) is 41.5 cm³/mol. The Morgan fingerprint density at radius 1 is 1.83 bits per heavy atom. The number of carboxylic acid groups (broad SMARTS) is 1. The number of H-pyrrole nitrogens is 1. The molecular formula is C8H9NO3. The number of hydrogen-bond donors (Lipinski definition) is 2. The van der Waals surface area contributed by atoms with Gasteiger partial charge in [-0.05, 0) is 6.92 Å². The van der Waals surface area contributed by atoms with Crippen molar-refractivity contribution in [2.45, 2.75) is 19.4 Å². The summed E-state index contributed by atoms with van der Waals surface area (Å²) >= 11 is 0. The molecule has 1 aliphatic heterocycles. The number of nitrogens with one attached hydrogen (secondary N) is 1. The first kappa shape index (κ1) is 7.21. The van der Waals surface area contributed by atoms with Crippen LogP contribution in [0.3, 0.4) is 0 Å². The standard InChI is InChI=1S/C8H9NO3/c1-4-2-5-7(12-4)3-6(9-5)8(10)11/h3-4,9H,2H2,1H3,(H,10,11). The molecule has 0 aliphatic carbocycles. The second-order valence-corrected chi connectivity index (χ2v) is 2.96. The number of carbonyl (C=O) groups is 1. The van der Waals surface area contributed by atoms with E-state index in [1.807, 2.05) is 6.92 Å². The summed E-state index contributed by atoms with van der Waals surface area (Å²) in [5.41, 5.74) is 1.09. The summed E-state index contributed by atoms with van der Waals surface area (Å²) in [6.07, 6.45) is 0.928. The Bertz CT molecular complexity index is 306. The van der Waals surface area contributed by atoms with Gasteiger partial charge in [0.1, 0.15) is 17.5 Å². The Kier molecular flexibility index (Phi) is 1.36. The van der Waals surface area contributed by atoms with E-state index in [0.717, 1.165) is 12.1 Å². The minimum Gasteiger partial charge on any atom is -0.488 e. The maximum atomic E-state index is 10.5. The molecule has 1 aliphatic rings. The zero-order chi connectivity index (χ0) is 8.72. The van der Waals surface area contributed by atoms with E-state index >= 15 is 0 Å². The van der Waals surface area contributed by atoms with Gasteiger partial charge in [-0.15, -0.1) is 0 Å².